The van der Waals surface area contributed by atoms with Crippen LogP contribution in [0.4, 0.5) is 0 Å². The average Bonchev–Trinajstić information content (AvgIpc) is 2.43. The number of hydrogen-bond acceptors (Lipinski definition) is 1. The molecule has 0 aromatic heterocycles. The molecule has 0 aliphatic carbocycles. The van der Waals surface area contributed by atoms with E-state index in [0.29, 0.717) is 5.75 Å². The van der Waals surface area contributed by atoms with Gasteiger partial charge in [-0.2, -0.15) is 0 Å². The molecule has 0 aliphatic rings. The molecule has 0 heterocycles. The largest absolute Gasteiger partial charge is 0.508 e. The van der Waals surface area contributed by atoms with Crippen LogP contribution in [-0.4, -0.2) is 10.6 Å². The van der Waals surface area contributed by atoms with Gasteiger partial charge < -0.3 is 10.6 Å². The number of aryl methyl sites for hydroxylation is 1. The van der Waals surface area contributed by atoms with E-state index in [9.17, 15) is 5.11 Å². The number of para-hydroxylation sites is 1. The van der Waals surface area contributed by atoms with Gasteiger partial charge in [0.2, 0.25) is 0 Å². The third-order valence-electron chi connectivity index (χ3n) is 3.79. The summed E-state index contributed by atoms with van der Waals surface area (Å²) in [7, 11) is 0. The Kier molecular flexibility index (Phi) is 12.3. The number of phenolic OH excluding ortho intramolecular Hbond substituents is 1. The molecule has 20 heavy (non-hydrogen) atoms. The number of rotatable bonds is 11. The highest BCUT2D eigenvalue weighted by Crippen LogP contribution is 2.19. The van der Waals surface area contributed by atoms with Gasteiger partial charge in [0, 0.05) is 0 Å². The van der Waals surface area contributed by atoms with Crippen LogP contribution in [0.3, 0.4) is 0 Å². The van der Waals surface area contributed by atoms with E-state index in [1.54, 1.807) is 6.07 Å². The summed E-state index contributed by atoms with van der Waals surface area (Å²) < 4.78 is 0. The fourth-order valence-electron chi connectivity index (χ4n) is 2.53. The zero-order chi connectivity index (χ0) is 13.8. The van der Waals surface area contributed by atoms with Gasteiger partial charge in [-0.25, -0.2) is 0 Å². The molecule has 1 aromatic rings. The molecule has 0 saturated heterocycles. The van der Waals surface area contributed by atoms with Crippen molar-refractivity contribution in [2.75, 3.05) is 0 Å². The van der Waals surface area contributed by atoms with E-state index in [1.165, 1.54) is 64.2 Å². The summed E-state index contributed by atoms with van der Waals surface area (Å²) in [5, 5.41) is 9.65. The van der Waals surface area contributed by atoms with Crippen LogP contribution in [-0.2, 0) is 6.42 Å². The molecule has 0 unspecified atom stereocenters. The molecular weight excluding hydrogens is 248 g/mol. The van der Waals surface area contributed by atoms with Crippen LogP contribution in [0.25, 0.3) is 0 Å². The Labute approximate surface area is 124 Å². The first-order chi connectivity index (χ1) is 9.34. The van der Waals surface area contributed by atoms with E-state index in [1.807, 2.05) is 18.2 Å². The van der Waals surface area contributed by atoms with Crippen molar-refractivity contribution in [3.63, 3.8) is 0 Å². The molecule has 2 nitrogen and oxygen atoms in total. The molecule has 1 rings (SSSR count). The van der Waals surface area contributed by atoms with Gasteiger partial charge in [-0.3, -0.25) is 0 Å². The van der Waals surface area contributed by atoms with Crippen LogP contribution in [0.1, 0.15) is 76.7 Å². The zero-order valence-electron chi connectivity index (χ0n) is 13.0. The first-order valence-corrected chi connectivity index (χ1v) is 8.11. The average molecular weight is 280 g/mol. The van der Waals surface area contributed by atoms with Crippen LogP contribution >= 0.6 is 0 Å². The third kappa shape index (κ3) is 8.98. The van der Waals surface area contributed by atoms with Crippen LogP contribution in [0.5, 0.6) is 5.75 Å². The molecule has 0 saturated carbocycles. The van der Waals surface area contributed by atoms with Crippen LogP contribution < -0.4 is 0 Å². The molecule has 0 fully saturated rings. The van der Waals surface area contributed by atoms with E-state index in [-0.39, 0.29) is 5.48 Å². The van der Waals surface area contributed by atoms with E-state index >= 15 is 0 Å². The standard InChI is InChI=1S/C18H30O.H2O/c1-2-3-4-5-6-7-8-9-10-11-14-17-15-12-13-16-18(17)19;/h12-13,15-16,19H,2-11,14H2,1H3;1H2. The molecular formula is C18H32O2. The summed E-state index contributed by atoms with van der Waals surface area (Å²) in [6, 6.07) is 7.71. The Morgan fingerprint density at radius 3 is 1.80 bits per heavy atom. The van der Waals surface area contributed by atoms with Crippen molar-refractivity contribution in [2.24, 2.45) is 0 Å². The second-order valence-electron chi connectivity index (χ2n) is 5.56. The van der Waals surface area contributed by atoms with E-state index in [4.69, 9.17) is 0 Å². The van der Waals surface area contributed by atoms with Crippen molar-refractivity contribution in [3.8, 4) is 5.75 Å². The minimum absolute atomic E-state index is 0. The van der Waals surface area contributed by atoms with E-state index in [2.05, 4.69) is 6.92 Å². The highest BCUT2D eigenvalue weighted by molar-refractivity contribution is 5.31. The normalized spacial score (nSPS) is 10.2. The molecule has 116 valence electrons. The van der Waals surface area contributed by atoms with Gasteiger partial charge in [0.25, 0.3) is 0 Å². The van der Waals surface area contributed by atoms with Crippen molar-refractivity contribution >= 4 is 0 Å². The minimum Gasteiger partial charge on any atom is -0.508 e. The summed E-state index contributed by atoms with van der Waals surface area (Å²) in [4.78, 5) is 0. The number of aromatic hydroxyl groups is 1. The molecule has 0 atom stereocenters. The first-order valence-electron chi connectivity index (χ1n) is 8.11. The second-order valence-corrected chi connectivity index (χ2v) is 5.56. The number of unbranched alkanes of at least 4 members (excludes halogenated alkanes) is 9. The Bertz CT molecular complexity index is 323. The molecule has 0 radical (unpaired) electrons. The molecule has 0 aliphatic heterocycles. The lowest BCUT2D eigenvalue weighted by molar-refractivity contribution is 0.466. The van der Waals surface area contributed by atoms with Crippen molar-refractivity contribution in [1.29, 1.82) is 0 Å². The van der Waals surface area contributed by atoms with Gasteiger partial charge in [0.05, 0.1) is 0 Å². The summed E-state index contributed by atoms with van der Waals surface area (Å²) in [5.41, 5.74) is 1.10. The first kappa shape index (κ1) is 19.0. The minimum atomic E-state index is 0. The van der Waals surface area contributed by atoms with Crippen molar-refractivity contribution in [3.05, 3.63) is 29.8 Å². The topological polar surface area (TPSA) is 51.7 Å². The maximum absolute atomic E-state index is 9.65. The SMILES string of the molecule is CCCCCCCCCCCCc1ccccc1O.O. The Morgan fingerprint density at radius 2 is 1.25 bits per heavy atom. The van der Waals surface area contributed by atoms with Crippen LogP contribution in [0, 0.1) is 0 Å². The quantitative estimate of drug-likeness (QED) is 0.568. The predicted octanol–water partition coefficient (Wildman–Crippen LogP) is 5.03. The van der Waals surface area contributed by atoms with Gasteiger partial charge >= 0.3 is 0 Å². The van der Waals surface area contributed by atoms with E-state index < -0.39 is 0 Å². The Balaban J connectivity index is 0.00000361. The number of phenols is 1. The second kappa shape index (κ2) is 13.0. The smallest absolute Gasteiger partial charge is 0.118 e. The highest BCUT2D eigenvalue weighted by atomic mass is 16.3. The van der Waals surface area contributed by atoms with Gasteiger partial charge in [-0.1, -0.05) is 82.9 Å². The zero-order valence-corrected chi connectivity index (χ0v) is 13.0. The number of benzene rings is 1. The van der Waals surface area contributed by atoms with Gasteiger partial charge in [0.15, 0.2) is 0 Å². The van der Waals surface area contributed by atoms with Crippen LogP contribution in [0.15, 0.2) is 24.3 Å². The molecule has 0 amide bonds. The van der Waals surface area contributed by atoms with Gasteiger partial charge in [-0.05, 0) is 24.5 Å². The lowest BCUT2D eigenvalue weighted by Gasteiger charge is -2.04. The fraction of sp³-hybridized carbons (Fsp3) is 0.667. The van der Waals surface area contributed by atoms with Crippen molar-refractivity contribution < 1.29 is 10.6 Å². The lowest BCUT2D eigenvalue weighted by atomic mass is 10.0. The fourth-order valence-corrected chi connectivity index (χ4v) is 2.53. The summed E-state index contributed by atoms with van der Waals surface area (Å²) >= 11 is 0. The predicted molar refractivity (Wildman–Crippen MR) is 87.3 cm³/mol. The summed E-state index contributed by atoms with van der Waals surface area (Å²) in [5.74, 6) is 0.457. The van der Waals surface area contributed by atoms with Crippen molar-refractivity contribution in [1.82, 2.24) is 0 Å². The maximum atomic E-state index is 9.65. The Morgan fingerprint density at radius 1 is 0.750 bits per heavy atom. The number of hydrogen-bond donors (Lipinski definition) is 1. The lowest BCUT2D eigenvalue weighted by Crippen LogP contribution is -1.87. The van der Waals surface area contributed by atoms with Crippen LogP contribution in [0.2, 0.25) is 0 Å². The highest BCUT2D eigenvalue weighted by Gasteiger charge is 1.99. The summed E-state index contributed by atoms with van der Waals surface area (Å²) in [6.45, 7) is 2.27. The van der Waals surface area contributed by atoms with E-state index in [0.717, 1.165) is 12.0 Å². The van der Waals surface area contributed by atoms with Crippen molar-refractivity contribution in [2.45, 2.75) is 77.6 Å². The summed E-state index contributed by atoms with van der Waals surface area (Å²) in [6.07, 6.45) is 14.6. The monoisotopic (exact) mass is 280 g/mol. The van der Waals surface area contributed by atoms with Gasteiger partial charge in [0.1, 0.15) is 5.75 Å². The van der Waals surface area contributed by atoms with Gasteiger partial charge in [-0.15, -0.1) is 0 Å². The maximum Gasteiger partial charge on any atom is 0.118 e. The third-order valence-corrected chi connectivity index (χ3v) is 3.79. The molecule has 0 bridgehead atoms. The Hall–Kier alpha value is -1.02. The molecule has 2 heteroatoms. The molecule has 3 N–H and O–H groups in total. The molecule has 1 aromatic carbocycles. The molecule has 0 spiro atoms.